The van der Waals surface area contributed by atoms with Crippen LogP contribution in [-0.4, -0.2) is 34.5 Å². The molecule has 1 aromatic carbocycles. The van der Waals surface area contributed by atoms with Gasteiger partial charge in [0, 0.05) is 23.5 Å². The van der Waals surface area contributed by atoms with Crippen LogP contribution in [-0.2, 0) is 21.6 Å². The maximum Gasteiger partial charge on any atom is 0.419 e. The van der Waals surface area contributed by atoms with Crippen molar-refractivity contribution >= 4 is 21.2 Å². The van der Waals surface area contributed by atoms with E-state index in [9.17, 15) is 26.7 Å². The minimum absolute atomic E-state index is 0.168. The highest BCUT2D eigenvalue weighted by molar-refractivity contribution is 7.90. The van der Waals surface area contributed by atoms with Gasteiger partial charge in [-0.05, 0) is 55.8 Å². The zero-order valence-corrected chi connectivity index (χ0v) is 20.0. The number of hydrogen-bond acceptors (Lipinski definition) is 6. The van der Waals surface area contributed by atoms with Crippen LogP contribution in [0.2, 0.25) is 0 Å². The van der Waals surface area contributed by atoms with Crippen molar-refractivity contribution in [2.75, 3.05) is 6.26 Å². The lowest BCUT2D eigenvalue weighted by atomic mass is 10.1. The van der Waals surface area contributed by atoms with E-state index in [4.69, 9.17) is 0 Å². The van der Waals surface area contributed by atoms with Crippen molar-refractivity contribution in [1.29, 1.82) is 0 Å². The van der Waals surface area contributed by atoms with Gasteiger partial charge in [-0.3, -0.25) is 4.98 Å². The second kappa shape index (κ2) is 8.33. The van der Waals surface area contributed by atoms with Gasteiger partial charge >= 0.3 is 6.18 Å². The molecule has 0 saturated carbocycles. The Kier molecular flexibility index (Phi) is 5.91. The fourth-order valence-electron chi connectivity index (χ4n) is 3.34. The Balaban J connectivity index is 1.88. The summed E-state index contributed by atoms with van der Waals surface area (Å²) in [5.74, 6) is 0. The first-order valence-corrected chi connectivity index (χ1v) is 12.7. The number of sulfone groups is 1. The second-order valence-electron chi connectivity index (χ2n) is 8.24. The van der Waals surface area contributed by atoms with Crippen LogP contribution in [0.3, 0.4) is 0 Å². The van der Waals surface area contributed by atoms with Gasteiger partial charge in [-0.25, -0.2) is 13.1 Å². The summed E-state index contributed by atoms with van der Waals surface area (Å²) in [6, 6.07) is 12.7. The molecule has 0 fully saturated rings. The Hall–Kier alpha value is -3.02. The van der Waals surface area contributed by atoms with Crippen molar-refractivity contribution in [3.8, 4) is 26.7 Å². The molecular weight excluding hydrogens is 487 g/mol. The van der Waals surface area contributed by atoms with Crippen LogP contribution in [0.25, 0.3) is 26.7 Å². The molecule has 0 spiro atoms. The van der Waals surface area contributed by atoms with Gasteiger partial charge in [0.1, 0.15) is 5.60 Å². The van der Waals surface area contributed by atoms with Crippen molar-refractivity contribution in [1.82, 2.24) is 14.8 Å². The van der Waals surface area contributed by atoms with Crippen LogP contribution < -0.4 is 0 Å². The average molecular weight is 508 g/mol. The van der Waals surface area contributed by atoms with Crippen LogP contribution in [0.5, 0.6) is 0 Å². The number of halogens is 3. The second-order valence-corrected chi connectivity index (χ2v) is 11.3. The van der Waals surface area contributed by atoms with Gasteiger partial charge in [0.2, 0.25) is 0 Å². The first-order valence-electron chi connectivity index (χ1n) is 10.0. The topological polar surface area (TPSA) is 85.1 Å². The Labute approximate surface area is 198 Å². The molecule has 0 aliphatic rings. The minimum atomic E-state index is -4.66. The lowest BCUT2D eigenvalue weighted by Gasteiger charge is -2.15. The van der Waals surface area contributed by atoms with E-state index in [1.165, 1.54) is 43.5 Å². The summed E-state index contributed by atoms with van der Waals surface area (Å²) in [7, 11) is -3.40. The van der Waals surface area contributed by atoms with E-state index in [1.54, 1.807) is 36.4 Å². The lowest BCUT2D eigenvalue weighted by molar-refractivity contribution is -0.137. The standard InChI is InChI=1S/C23H20F3N3O3S2/c1-22(2,30)21-12-18(29(28-21)17-9-10-27-13-16(17)23(24,25)26)20-8-7-19(33-20)14-5-4-6-15(11-14)34(3,31)32/h4-13,30H,1-3H3. The summed E-state index contributed by atoms with van der Waals surface area (Å²) in [6.07, 6.45) is -1.55. The van der Waals surface area contributed by atoms with E-state index in [2.05, 4.69) is 10.1 Å². The smallest absolute Gasteiger partial charge is 0.384 e. The highest BCUT2D eigenvalue weighted by Gasteiger charge is 2.36. The molecule has 4 rings (SSSR count). The zero-order chi connectivity index (χ0) is 24.9. The van der Waals surface area contributed by atoms with Crippen molar-refractivity contribution < 1.29 is 26.7 Å². The highest BCUT2D eigenvalue weighted by Crippen LogP contribution is 2.40. The maximum atomic E-state index is 13.7. The fraction of sp³-hybridized carbons (Fsp3) is 0.217. The number of aromatic nitrogens is 3. The molecule has 0 saturated heterocycles. The molecule has 6 nitrogen and oxygen atoms in total. The molecule has 0 bridgehead atoms. The van der Waals surface area contributed by atoms with Crippen LogP contribution in [0.15, 0.2) is 65.8 Å². The number of thiophene rings is 1. The molecule has 3 aromatic heterocycles. The van der Waals surface area contributed by atoms with Gasteiger partial charge in [-0.2, -0.15) is 18.3 Å². The van der Waals surface area contributed by atoms with Crippen molar-refractivity contribution in [2.45, 2.75) is 30.5 Å². The number of pyridine rings is 1. The summed E-state index contributed by atoms with van der Waals surface area (Å²) in [4.78, 5) is 5.09. The number of nitrogens with zero attached hydrogens (tertiary/aromatic N) is 3. The van der Waals surface area contributed by atoms with Crippen molar-refractivity contribution in [3.05, 3.63) is 72.2 Å². The fourth-order valence-corrected chi connectivity index (χ4v) is 5.01. The lowest BCUT2D eigenvalue weighted by Crippen LogP contribution is -2.17. The Morgan fingerprint density at radius 3 is 2.38 bits per heavy atom. The van der Waals surface area contributed by atoms with E-state index >= 15 is 0 Å². The first-order chi connectivity index (χ1) is 15.7. The largest absolute Gasteiger partial charge is 0.419 e. The number of benzene rings is 1. The Bertz CT molecular complexity index is 1470. The number of rotatable bonds is 5. The van der Waals surface area contributed by atoms with E-state index in [0.29, 0.717) is 16.1 Å². The predicted octanol–water partition coefficient (Wildman–Crippen LogP) is 5.31. The van der Waals surface area contributed by atoms with Crippen LogP contribution in [0, 0.1) is 0 Å². The van der Waals surface area contributed by atoms with E-state index < -0.39 is 27.2 Å². The number of hydrogen-bond donors (Lipinski definition) is 1. The molecule has 178 valence electrons. The molecule has 3 heterocycles. The molecule has 0 aliphatic carbocycles. The molecular formula is C23H20F3N3O3S2. The normalized spacial score (nSPS) is 12.8. The van der Waals surface area contributed by atoms with Crippen LogP contribution in [0.4, 0.5) is 13.2 Å². The predicted molar refractivity (Wildman–Crippen MR) is 123 cm³/mol. The third-order valence-electron chi connectivity index (χ3n) is 5.07. The molecule has 0 atom stereocenters. The number of aliphatic hydroxyl groups is 1. The van der Waals surface area contributed by atoms with Crippen LogP contribution >= 0.6 is 11.3 Å². The quantitative estimate of drug-likeness (QED) is 0.396. The van der Waals surface area contributed by atoms with E-state index in [0.717, 1.165) is 22.0 Å². The summed E-state index contributed by atoms with van der Waals surface area (Å²) in [5.41, 5.74) is -1.37. The maximum absolute atomic E-state index is 13.7. The molecule has 11 heteroatoms. The zero-order valence-electron chi connectivity index (χ0n) is 18.3. The molecule has 0 radical (unpaired) electrons. The first kappa shape index (κ1) is 24.1. The molecule has 1 N–H and O–H groups in total. The van der Waals surface area contributed by atoms with Crippen molar-refractivity contribution in [2.24, 2.45) is 0 Å². The Morgan fingerprint density at radius 1 is 1.03 bits per heavy atom. The van der Waals surface area contributed by atoms with Gasteiger partial charge in [-0.1, -0.05) is 12.1 Å². The Morgan fingerprint density at radius 2 is 1.74 bits per heavy atom. The van der Waals surface area contributed by atoms with Gasteiger partial charge in [-0.15, -0.1) is 11.3 Å². The van der Waals surface area contributed by atoms with Gasteiger partial charge in [0.05, 0.1) is 32.4 Å². The minimum Gasteiger partial charge on any atom is -0.384 e. The third-order valence-corrected chi connectivity index (χ3v) is 7.34. The van der Waals surface area contributed by atoms with Gasteiger partial charge < -0.3 is 5.11 Å². The van der Waals surface area contributed by atoms with Crippen molar-refractivity contribution in [3.63, 3.8) is 0 Å². The average Bonchev–Trinajstić information content (AvgIpc) is 3.40. The SMILES string of the molecule is CC(C)(O)c1cc(-c2ccc(-c3cccc(S(C)(=O)=O)c3)s2)n(-c2ccncc2C(F)(F)F)n1. The van der Waals surface area contributed by atoms with Gasteiger partial charge in [0.15, 0.2) is 9.84 Å². The highest BCUT2D eigenvalue weighted by atomic mass is 32.2. The third kappa shape index (κ3) is 4.77. The monoisotopic (exact) mass is 507 g/mol. The molecule has 0 unspecified atom stereocenters. The molecule has 34 heavy (non-hydrogen) atoms. The summed E-state index contributed by atoms with van der Waals surface area (Å²) < 4.78 is 66.1. The molecule has 4 aromatic rings. The van der Waals surface area contributed by atoms with Crippen LogP contribution in [0.1, 0.15) is 25.1 Å². The van der Waals surface area contributed by atoms with E-state index in [1.807, 2.05) is 0 Å². The summed E-state index contributed by atoms with van der Waals surface area (Å²) >= 11 is 1.27. The molecule has 0 aliphatic heterocycles. The molecule has 0 amide bonds. The summed E-state index contributed by atoms with van der Waals surface area (Å²) in [5, 5.41) is 14.8. The summed E-state index contributed by atoms with van der Waals surface area (Å²) in [6.45, 7) is 2.99. The number of alkyl halides is 3. The van der Waals surface area contributed by atoms with Gasteiger partial charge in [0.25, 0.3) is 0 Å². The van der Waals surface area contributed by atoms with E-state index in [-0.39, 0.29) is 16.3 Å².